The van der Waals surface area contributed by atoms with E-state index in [1.807, 2.05) is 0 Å². The van der Waals surface area contributed by atoms with Gasteiger partial charge in [-0.1, -0.05) is 13.0 Å². The molecule has 0 saturated carbocycles. The molecule has 3 heteroatoms. The van der Waals surface area contributed by atoms with Gasteiger partial charge < -0.3 is 0 Å². The summed E-state index contributed by atoms with van der Waals surface area (Å²) in [6, 6.07) is 0. The van der Waals surface area contributed by atoms with Gasteiger partial charge in [0.1, 0.15) is 0 Å². The topological polar surface area (TPSA) is 40.9 Å². The van der Waals surface area contributed by atoms with Crippen molar-refractivity contribution in [2.75, 3.05) is 0 Å². The molecule has 0 aliphatic heterocycles. The van der Waals surface area contributed by atoms with E-state index >= 15 is 0 Å². The molecule has 0 unspecified atom stereocenters. The molecule has 2 nitrogen and oxygen atoms in total. The molecule has 0 aromatic carbocycles. The Morgan fingerprint density at radius 3 is 1.25 bits per heavy atom. The van der Waals surface area contributed by atoms with Crippen molar-refractivity contribution in [1.29, 1.82) is 5.59 Å². The van der Waals surface area contributed by atoms with Crippen molar-refractivity contribution in [3.8, 4) is 0 Å². The van der Waals surface area contributed by atoms with Gasteiger partial charge >= 0.3 is 0 Å². The van der Waals surface area contributed by atoms with E-state index in [2.05, 4.69) is 5.59 Å². The Morgan fingerprint density at radius 1 is 1.25 bits per heavy atom. The number of nitrogens with one attached hydrogen (secondary N) is 1. The zero-order chi connectivity index (χ0) is 2.00. The monoisotopic (exact) mass is 99.0 g/mol. The van der Waals surface area contributed by atoms with Gasteiger partial charge in [-0.25, -0.2) is 0 Å². The van der Waals surface area contributed by atoms with Gasteiger partial charge in [-0.3, -0.25) is 0 Å². The van der Waals surface area contributed by atoms with Crippen molar-refractivity contribution in [3.63, 3.8) is 0 Å². The third-order valence-corrected chi connectivity index (χ3v) is 0. The average Bonchev–Trinajstić information content (AvgIpc) is 1.00. The maximum atomic E-state index is 7.50. The van der Waals surface area contributed by atoms with Gasteiger partial charge in [-0.2, -0.15) is 4.91 Å². The minimum atomic E-state index is 0. The van der Waals surface area contributed by atoms with Crippen LogP contribution in [0, 0.1) is 10.5 Å². The van der Waals surface area contributed by atoms with E-state index < -0.39 is 0 Å². The molecular weight excluding hydrogens is 94.0 g/mol. The zero-order valence-corrected chi connectivity index (χ0v) is 2.59. The van der Waals surface area contributed by atoms with Crippen LogP contribution in [-0.4, -0.2) is 0 Å². The minimum absolute atomic E-state index is 0. The molecule has 0 amide bonds. The summed E-state index contributed by atoms with van der Waals surface area (Å²) in [4.78, 5) is 7.50. The molecule has 26 valence electrons. The molecule has 0 aliphatic rings. The fourth-order valence-corrected chi connectivity index (χ4v) is 0. The summed E-state index contributed by atoms with van der Waals surface area (Å²) in [5, 5.41) is 0. The predicted octanol–water partition coefficient (Wildman–Crippen LogP) is 0.965. The van der Waals surface area contributed by atoms with E-state index in [4.69, 9.17) is 4.91 Å². The second-order valence-corrected chi connectivity index (χ2v) is 0. The van der Waals surface area contributed by atoms with E-state index in [1.165, 1.54) is 0 Å². The molecule has 0 spiro atoms. The van der Waals surface area contributed by atoms with Gasteiger partial charge in [0.15, 0.2) is 0 Å². The zero-order valence-electron chi connectivity index (χ0n) is 1.32. The van der Waals surface area contributed by atoms with Crippen LogP contribution in [0.5, 0.6) is 0 Å². The normalized spacial score (nSPS) is 1.00. The molecule has 0 aliphatic carbocycles. The maximum absolute atomic E-state index is 7.50. The summed E-state index contributed by atoms with van der Waals surface area (Å²) in [5.41, 5.74) is 4.50. The molecule has 0 aromatic heterocycles. The first-order chi connectivity index (χ1) is 1.00. The van der Waals surface area contributed by atoms with Crippen molar-refractivity contribution in [3.05, 3.63) is 4.91 Å². The van der Waals surface area contributed by atoms with E-state index in [-0.39, 0.29) is 24.8 Å². The van der Waals surface area contributed by atoms with Crippen LogP contribution in [0.15, 0.2) is 0 Å². The average molecular weight is 99.1 g/mol. The van der Waals surface area contributed by atoms with Gasteiger partial charge in [0, 0.05) is 17.4 Å². The van der Waals surface area contributed by atoms with Crippen LogP contribution in [-0.2, 0) is 17.4 Å². The van der Waals surface area contributed by atoms with Crippen LogP contribution in [0.3, 0.4) is 0 Å². The van der Waals surface area contributed by atoms with Crippen LogP contribution < -0.4 is 0 Å². The number of nitroso groups, excluding NO2 is 1. The van der Waals surface area contributed by atoms with Crippen molar-refractivity contribution in [1.82, 2.24) is 0 Å². The number of rotatable bonds is 0. The third kappa shape index (κ3) is 156. The molecule has 0 bridgehead atoms. The van der Waals surface area contributed by atoms with Gasteiger partial charge in [0.2, 0.25) is 0 Å². The van der Waals surface area contributed by atoms with Gasteiger partial charge in [-0.15, -0.1) is 0 Å². The third-order valence-electron chi connectivity index (χ3n) is 0. The molecular formula is CH5CrNO. The van der Waals surface area contributed by atoms with Crippen LogP contribution >= 0.6 is 0 Å². The fraction of sp³-hybridized carbons (Fsp3) is 1.00. The van der Waals surface area contributed by atoms with E-state index in [0.717, 1.165) is 0 Å². The summed E-state index contributed by atoms with van der Waals surface area (Å²) in [5.74, 6) is 0. The fourth-order valence-electron chi connectivity index (χ4n) is 0. The van der Waals surface area contributed by atoms with Crippen LogP contribution in [0.4, 0.5) is 0 Å². The second-order valence-electron chi connectivity index (χ2n) is 0. The van der Waals surface area contributed by atoms with Gasteiger partial charge in [-0.05, 0) is 0 Å². The van der Waals surface area contributed by atoms with Crippen LogP contribution in [0.2, 0.25) is 0 Å². The molecule has 0 radical (unpaired) electrons. The van der Waals surface area contributed by atoms with E-state index in [1.54, 1.807) is 0 Å². The Morgan fingerprint density at radius 2 is 1.25 bits per heavy atom. The minimum Gasteiger partial charge on any atom is -0.154 e. The van der Waals surface area contributed by atoms with Crippen molar-refractivity contribution in [2.45, 2.75) is 7.43 Å². The van der Waals surface area contributed by atoms with Crippen molar-refractivity contribution < 1.29 is 17.4 Å². The summed E-state index contributed by atoms with van der Waals surface area (Å²) < 4.78 is 0. The molecule has 1 N–H and O–H groups in total. The second kappa shape index (κ2) is 812. The Hall–Kier alpha value is 0.132. The Balaban J connectivity index is -0.00000000500. The molecule has 0 heterocycles. The predicted molar refractivity (Wildman–Crippen MR) is 12.8 cm³/mol. The first kappa shape index (κ1) is 31.6. The maximum Gasteiger partial charge on any atom is 0 e. The smallest absolute Gasteiger partial charge is 0 e. The first-order valence-corrected chi connectivity index (χ1v) is 0.204. The molecule has 0 saturated heterocycles. The van der Waals surface area contributed by atoms with Gasteiger partial charge in [0.05, 0.1) is 0 Å². The Bertz CT molecular complexity index is 8.00. The summed E-state index contributed by atoms with van der Waals surface area (Å²) in [6.45, 7) is 0. The van der Waals surface area contributed by atoms with Gasteiger partial charge in [0.25, 0.3) is 0 Å². The van der Waals surface area contributed by atoms with E-state index in [0.29, 0.717) is 0 Å². The first-order valence-electron chi connectivity index (χ1n) is 0.204. The van der Waals surface area contributed by atoms with Crippen molar-refractivity contribution >= 4 is 0 Å². The standard InChI is InChI=1S/CH4.Cr.HNO/c;;1-2/h1H4;;1H. The molecule has 4 heavy (non-hydrogen) atoms. The largest absolute Gasteiger partial charge is 0.154 e. The summed E-state index contributed by atoms with van der Waals surface area (Å²) in [6.07, 6.45) is 0. The Labute approximate surface area is 36.1 Å². The Kier molecular flexibility index (Phi) is 6420. The van der Waals surface area contributed by atoms with Crippen LogP contribution in [0.25, 0.3) is 0 Å². The molecule has 0 atom stereocenters. The van der Waals surface area contributed by atoms with Crippen molar-refractivity contribution in [2.24, 2.45) is 0 Å². The molecule has 0 aromatic rings. The summed E-state index contributed by atoms with van der Waals surface area (Å²) >= 11 is 0. The molecule has 0 rings (SSSR count). The molecule has 0 fully saturated rings. The van der Waals surface area contributed by atoms with Crippen LogP contribution in [0.1, 0.15) is 7.43 Å². The number of hydrogen-bond donors (Lipinski definition) is 1. The van der Waals surface area contributed by atoms with E-state index in [9.17, 15) is 0 Å². The quantitative estimate of drug-likeness (QED) is 0.451. The number of hydrogen-bond acceptors (Lipinski definition) is 2. The summed E-state index contributed by atoms with van der Waals surface area (Å²) in [7, 11) is 0. The SMILES string of the molecule is C.N=O.[Cr].